The zero-order chi connectivity index (χ0) is 9.42. The van der Waals surface area contributed by atoms with E-state index in [0.717, 1.165) is 11.3 Å². The van der Waals surface area contributed by atoms with Gasteiger partial charge in [-0.2, -0.15) is 0 Å². The zero-order valence-corrected chi connectivity index (χ0v) is 8.15. The third-order valence-corrected chi connectivity index (χ3v) is 2.07. The molecule has 2 aromatic heterocycles. The Morgan fingerprint density at radius 2 is 2.00 bits per heavy atom. The van der Waals surface area contributed by atoms with Crippen molar-refractivity contribution in [1.82, 2.24) is 9.38 Å². The highest BCUT2D eigenvalue weighted by Gasteiger charge is 1.99. The van der Waals surface area contributed by atoms with Crippen LogP contribution in [-0.2, 0) is 0 Å². The Bertz CT molecular complexity index is 429. The Morgan fingerprint density at radius 3 is 2.69 bits per heavy atom. The van der Waals surface area contributed by atoms with Crippen molar-refractivity contribution >= 4 is 11.3 Å². The molecule has 0 fully saturated rings. The minimum absolute atomic E-state index is 1.00. The molecule has 0 aliphatic rings. The largest absolute Gasteiger partial charge is 0.376 e. The standard InChI is InChI=1S/C10H13N3/c1-8-6-13-7-9(12(2)3)4-5-10(13)11-8/h4-7H,1-3H3. The van der Waals surface area contributed by atoms with Crippen molar-refractivity contribution in [3.05, 3.63) is 30.2 Å². The van der Waals surface area contributed by atoms with Gasteiger partial charge in [-0.1, -0.05) is 0 Å². The number of nitrogens with zero attached hydrogens (tertiary/aromatic N) is 3. The molecule has 2 aromatic rings. The van der Waals surface area contributed by atoms with Crippen molar-refractivity contribution in [1.29, 1.82) is 0 Å². The van der Waals surface area contributed by atoms with Gasteiger partial charge >= 0.3 is 0 Å². The molecule has 2 rings (SSSR count). The maximum atomic E-state index is 4.36. The summed E-state index contributed by atoms with van der Waals surface area (Å²) in [6.07, 6.45) is 4.11. The molecule has 3 heteroatoms. The van der Waals surface area contributed by atoms with Crippen LogP contribution < -0.4 is 4.90 Å². The minimum atomic E-state index is 1.00. The van der Waals surface area contributed by atoms with Gasteiger partial charge in [0.05, 0.1) is 11.4 Å². The number of fused-ring (bicyclic) bond motifs is 1. The molecule has 13 heavy (non-hydrogen) atoms. The number of aryl methyl sites for hydroxylation is 1. The number of pyridine rings is 1. The van der Waals surface area contributed by atoms with E-state index >= 15 is 0 Å². The van der Waals surface area contributed by atoms with Gasteiger partial charge in [0.25, 0.3) is 0 Å². The Hall–Kier alpha value is -1.51. The Morgan fingerprint density at radius 1 is 1.23 bits per heavy atom. The molecule has 0 atom stereocenters. The first-order valence-corrected chi connectivity index (χ1v) is 4.29. The second-order valence-electron chi connectivity index (χ2n) is 3.43. The van der Waals surface area contributed by atoms with Gasteiger partial charge in [0, 0.05) is 26.5 Å². The number of aromatic nitrogens is 2. The third kappa shape index (κ3) is 1.37. The highest BCUT2D eigenvalue weighted by atomic mass is 15.1. The van der Waals surface area contributed by atoms with Gasteiger partial charge in [-0.05, 0) is 19.1 Å². The van der Waals surface area contributed by atoms with Gasteiger partial charge in [0.1, 0.15) is 5.65 Å². The van der Waals surface area contributed by atoms with E-state index in [1.165, 1.54) is 5.69 Å². The number of anilines is 1. The fourth-order valence-electron chi connectivity index (χ4n) is 1.37. The second-order valence-corrected chi connectivity index (χ2v) is 3.43. The summed E-state index contributed by atoms with van der Waals surface area (Å²) >= 11 is 0. The predicted molar refractivity (Wildman–Crippen MR) is 54.3 cm³/mol. The normalized spacial score (nSPS) is 10.7. The SMILES string of the molecule is Cc1cn2cc(N(C)C)ccc2n1. The molecule has 0 N–H and O–H groups in total. The van der Waals surface area contributed by atoms with E-state index in [0.29, 0.717) is 0 Å². The maximum absolute atomic E-state index is 4.36. The average molecular weight is 175 g/mol. The molecule has 0 amide bonds. The second kappa shape index (κ2) is 2.76. The van der Waals surface area contributed by atoms with E-state index < -0.39 is 0 Å². The lowest BCUT2D eigenvalue weighted by Crippen LogP contribution is -2.08. The van der Waals surface area contributed by atoms with Crippen LogP contribution >= 0.6 is 0 Å². The van der Waals surface area contributed by atoms with Gasteiger partial charge in [0.2, 0.25) is 0 Å². The summed E-state index contributed by atoms with van der Waals surface area (Å²) in [5.41, 5.74) is 3.24. The molecule has 3 nitrogen and oxygen atoms in total. The van der Waals surface area contributed by atoms with E-state index in [4.69, 9.17) is 0 Å². The molecule has 0 spiro atoms. The predicted octanol–water partition coefficient (Wildman–Crippen LogP) is 1.71. The lowest BCUT2D eigenvalue weighted by molar-refractivity contribution is 1.09. The first kappa shape index (κ1) is 8.10. The van der Waals surface area contributed by atoms with Crippen molar-refractivity contribution in [2.75, 3.05) is 19.0 Å². The number of hydrogen-bond acceptors (Lipinski definition) is 2. The lowest BCUT2D eigenvalue weighted by atomic mass is 10.4. The van der Waals surface area contributed by atoms with Crippen LogP contribution in [0.5, 0.6) is 0 Å². The molecular weight excluding hydrogens is 162 g/mol. The maximum Gasteiger partial charge on any atom is 0.137 e. The Labute approximate surface area is 77.6 Å². The lowest BCUT2D eigenvalue weighted by Gasteiger charge is -2.11. The van der Waals surface area contributed by atoms with E-state index in [2.05, 4.69) is 22.1 Å². The molecule has 0 aliphatic heterocycles. The summed E-state index contributed by atoms with van der Waals surface area (Å²) in [6, 6.07) is 4.10. The molecule has 0 saturated heterocycles. The van der Waals surface area contributed by atoms with Crippen molar-refractivity contribution < 1.29 is 0 Å². The third-order valence-electron chi connectivity index (χ3n) is 2.07. The first-order chi connectivity index (χ1) is 6.16. The van der Waals surface area contributed by atoms with E-state index in [9.17, 15) is 0 Å². The van der Waals surface area contributed by atoms with Gasteiger partial charge in [-0.25, -0.2) is 4.98 Å². The first-order valence-electron chi connectivity index (χ1n) is 4.29. The van der Waals surface area contributed by atoms with Crippen LogP contribution in [0.1, 0.15) is 5.69 Å². The van der Waals surface area contributed by atoms with Crippen LogP contribution in [0.3, 0.4) is 0 Å². The highest BCUT2D eigenvalue weighted by molar-refractivity contribution is 5.51. The Kier molecular flexibility index (Phi) is 1.72. The van der Waals surface area contributed by atoms with Crippen molar-refractivity contribution in [2.45, 2.75) is 6.92 Å². The van der Waals surface area contributed by atoms with Crippen LogP contribution in [0.4, 0.5) is 5.69 Å². The molecule has 0 radical (unpaired) electrons. The number of rotatable bonds is 1. The zero-order valence-electron chi connectivity index (χ0n) is 8.15. The molecule has 0 bridgehead atoms. The summed E-state index contributed by atoms with van der Waals surface area (Å²) in [7, 11) is 4.07. The van der Waals surface area contributed by atoms with Crippen molar-refractivity contribution in [3.8, 4) is 0 Å². The monoisotopic (exact) mass is 175 g/mol. The number of hydrogen-bond donors (Lipinski definition) is 0. The summed E-state index contributed by atoms with van der Waals surface area (Å²) < 4.78 is 2.05. The molecule has 0 aromatic carbocycles. The minimum Gasteiger partial charge on any atom is -0.376 e. The molecule has 0 aliphatic carbocycles. The van der Waals surface area contributed by atoms with Gasteiger partial charge in [0.15, 0.2) is 0 Å². The van der Waals surface area contributed by atoms with Crippen LogP contribution in [0.25, 0.3) is 5.65 Å². The molecule has 0 saturated carbocycles. The van der Waals surface area contributed by atoms with Crippen LogP contribution in [0.15, 0.2) is 24.5 Å². The molecule has 68 valence electrons. The smallest absolute Gasteiger partial charge is 0.137 e. The highest BCUT2D eigenvalue weighted by Crippen LogP contribution is 2.13. The Balaban J connectivity index is 2.61. The van der Waals surface area contributed by atoms with Crippen molar-refractivity contribution in [3.63, 3.8) is 0 Å². The summed E-state index contributed by atoms with van der Waals surface area (Å²) in [5.74, 6) is 0. The fraction of sp³-hybridized carbons (Fsp3) is 0.300. The summed E-state index contributed by atoms with van der Waals surface area (Å²) in [5, 5.41) is 0. The van der Waals surface area contributed by atoms with Crippen LogP contribution in [0, 0.1) is 6.92 Å². The van der Waals surface area contributed by atoms with Crippen LogP contribution in [0.2, 0.25) is 0 Å². The van der Waals surface area contributed by atoms with Crippen LogP contribution in [-0.4, -0.2) is 23.5 Å². The average Bonchev–Trinajstić information content (AvgIpc) is 2.42. The van der Waals surface area contributed by atoms with E-state index in [-0.39, 0.29) is 0 Å². The topological polar surface area (TPSA) is 20.5 Å². The van der Waals surface area contributed by atoms with E-state index in [1.54, 1.807) is 0 Å². The molecule has 2 heterocycles. The van der Waals surface area contributed by atoms with Gasteiger partial charge in [-0.15, -0.1) is 0 Å². The van der Waals surface area contributed by atoms with Gasteiger partial charge < -0.3 is 9.30 Å². The van der Waals surface area contributed by atoms with E-state index in [1.807, 2.05) is 37.7 Å². The number of imidazole rings is 1. The van der Waals surface area contributed by atoms with Gasteiger partial charge in [-0.3, -0.25) is 0 Å². The quantitative estimate of drug-likeness (QED) is 0.657. The summed E-state index contributed by atoms with van der Waals surface area (Å²) in [6.45, 7) is 2.00. The molecule has 0 unspecified atom stereocenters. The van der Waals surface area contributed by atoms with Crippen molar-refractivity contribution in [2.24, 2.45) is 0 Å². The fourth-order valence-corrected chi connectivity index (χ4v) is 1.37. The molecular formula is C10H13N3. The summed E-state index contributed by atoms with van der Waals surface area (Å²) in [4.78, 5) is 6.44.